The molecule has 0 aliphatic carbocycles. The van der Waals surface area contributed by atoms with E-state index >= 15 is 0 Å². The summed E-state index contributed by atoms with van der Waals surface area (Å²) in [7, 11) is 1.25. The minimum Gasteiger partial charge on any atom is -0.488 e. The van der Waals surface area contributed by atoms with E-state index in [1.54, 1.807) is 6.92 Å². The average Bonchev–Trinajstić information content (AvgIpc) is 2.37. The second-order valence-electron chi connectivity index (χ2n) is 3.52. The summed E-state index contributed by atoms with van der Waals surface area (Å²) in [5.41, 5.74) is 0. The van der Waals surface area contributed by atoms with Crippen molar-refractivity contribution in [2.24, 2.45) is 0 Å². The molecule has 0 saturated carbocycles. The van der Waals surface area contributed by atoms with Crippen molar-refractivity contribution >= 4 is 5.97 Å². The van der Waals surface area contributed by atoms with E-state index in [-0.39, 0.29) is 12.4 Å². The Kier molecular flexibility index (Phi) is 5.51. The summed E-state index contributed by atoms with van der Waals surface area (Å²) in [4.78, 5) is 11.3. The maximum atomic E-state index is 13.3. The van der Waals surface area contributed by atoms with Gasteiger partial charge in [-0.15, -0.1) is 0 Å². The summed E-state index contributed by atoms with van der Waals surface area (Å²) in [5.74, 6) is -2.04. The number of halogens is 2. The van der Waals surface area contributed by atoms with Gasteiger partial charge in [0, 0.05) is 6.07 Å². The molecule has 1 unspecified atom stereocenters. The second-order valence-corrected chi connectivity index (χ2v) is 3.52. The molecule has 0 bridgehead atoms. The van der Waals surface area contributed by atoms with E-state index in [2.05, 4.69) is 10.1 Å². The smallest absolute Gasteiger partial charge is 0.326 e. The first kappa shape index (κ1) is 14.4. The van der Waals surface area contributed by atoms with Gasteiger partial charge in [-0.05, 0) is 18.7 Å². The molecule has 1 aromatic rings. The predicted octanol–water partition coefficient (Wildman–Crippen LogP) is 1.49. The first-order valence-electron chi connectivity index (χ1n) is 5.47. The Morgan fingerprint density at radius 2 is 2.17 bits per heavy atom. The molecule has 1 atom stereocenters. The number of carbonyl (C=O) groups is 1. The summed E-state index contributed by atoms with van der Waals surface area (Å²) in [6.07, 6.45) is 0. The van der Waals surface area contributed by atoms with Gasteiger partial charge >= 0.3 is 5.97 Å². The fourth-order valence-corrected chi connectivity index (χ4v) is 1.36. The molecule has 0 aliphatic heterocycles. The minimum absolute atomic E-state index is 0.138. The van der Waals surface area contributed by atoms with Gasteiger partial charge in [0.2, 0.25) is 0 Å². The van der Waals surface area contributed by atoms with Gasteiger partial charge in [-0.2, -0.15) is 0 Å². The average molecular weight is 259 g/mol. The zero-order chi connectivity index (χ0) is 13.5. The molecule has 0 aliphatic rings. The molecule has 0 heterocycles. The van der Waals surface area contributed by atoms with Crippen LogP contribution < -0.4 is 10.1 Å². The largest absolute Gasteiger partial charge is 0.488 e. The van der Waals surface area contributed by atoms with E-state index in [0.29, 0.717) is 6.54 Å². The number of nitrogens with one attached hydrogen (secondary N) is 1. The van der Waals surface area contributed by atoms with E-state index in [1.807, 2.05) is 0 Å². The summed E-state index contributed by atoms with van der Waals surface area (Å²) >= 11 is 0. The second kappa shape index (κ2) is 6.90. The zero-order valence-electron chi connectivity index (χ0n) is 10.2. The molecule has 0 saturated heterocycles. The lowest BCUT2D eigenvalue weighted by Gasteiger charge is -2.16. The van der Waals surface area contributed by atoms with Crippen LogP contribution in [0.2, 0.25) is 0 Å². The summed E-state index contributed by atoms with van der Waals surface area (Å²) in [6, 6.07) is 2.16. The first-order valence-corrected chi connectivity index (χ1v) is 5.47. The molecule has 18 heavy (non-hydrogen) atoms. The van der Waals surface area contributed by atoms with Gasteiger partial charge in [0.15, 0.2) is 11.6 Å². The number of hydrogen-bond donors (Lipinski definition) is 1. The molecule has 1 N–H and O–H groups in total. The van der Waals surface area contributed by atoms with Crippen molar-refractivity contribution < 1.29 is 23.0 Å². The topological polar surface area (TPSA) is 47.6 Å². The van der Waals surface area contributed by atoms with E-state index < -0.39 is 23.6 Å². The molecule has 0 amide bonds. The highest BCUT2D eigenvalue weighted by molar-refractivity contribution is 5.75. The van der Waals surface area contributed by atoms with Crippen molar-refractivity contribution in [3.63, 3.8) is 0 Å². The van der Waals surface area contributed by atoms with Crippen LogP contribution in [0.25, 0.3) is 0 Å². The van der Waals surface area contributed by atoms with Crippen LogP contribution in [-0.2, 0) is 9.53 Å². The Labute approximate surface area is 104 Å². The molecule has 0 aromatic heterocycles. The molecule has 0 radical (unpaired) electrons. The molecule has 1 aromatic carbocycles. The number of esters is 1. The Bertz CT molecular complexity index is 412. The lowest BCUT2D eigenvalue weighted by atomic mass is 10.3. The van der Waals surface area contributed by atoms with Crippen molar-refractivity contribution in [2.45, 2.75) is 13.0 Å². The Balaban J connectivity index is 2.66. The quantitative estimate of drug-likeness (QED) is 0.786. The van der Waals surface area contributed by atoms with E-state index in [9.17, 15) is 13.6 Å². The highest BCUT2D eigenvalue weighted by atomic mass is 19.1. The van der Waals surface area contributed by atoms with Crippen LogP contribution in [0.4, 0.5) is 8.78 Å². The van der Waals surface area contributed by atoms with E-state index in [4.69, 9.17) is 4.74 Å². The van der Waals surface area contributed by atoms with Crippen LogP contribution in [0.3, 0.4) is 0 Å². The molecule has 0 fully saturated rings. The standard InChI is InChI=1S/C12H15F2NO3/c1-3-15-10(12(16)17-2)7-18-11-6-8(13)4-5-9(11)14/h4-6,10,15H,3,7H2,1-2H3. The Hall–Kier alpha value is -1.69. The zero-order valence-corrected chi connectivity index (χ0v) is 10.2. The number of methoxy groups -OCH3 is 1. The maximum Gasteiger partial charge on any atom is 0.326 e. The summed E-state index contributed by atoms with van der Waals surface area (Å²) in [5, 5.41) is 2.82. The van der Waals surface area contributed by atoms with Gasteiger partial charge in [0.1, 0.15) is 18.5 Å². The van der Waals surface area contributed by atoms with Crippen LogP contribution in [-0.4, -0.2) is 32.3 Å². The van der Waals surface area contributed by atoms with Crippen LogP contribution >= 0.6 is 0 Å². The van der Waals surface area contributed by atoms with Crippen molar-refractivity contribution in [1.82, 2.24) is 5.32 Å². The predicted molar refractivity (Wildman–Crippen MR) is 61.3 cm³/mol. The third-order valence-electron chi connectivity index (χ3n) is 2.23. The van der Waals surface area contributed by atoms with Crippen molar-refractivity contribution in [1.29, 1.82) is 0 Å². The molecule has 4 nitrogen and oxygen atoms in total. The molecular weight excluding hydrogens is 244 g/mol. The van der Waals surface area contributed by atoms with Crippen LogP contribution in [0.1, 0.15) is 6.92 Å². The SMILES string of the molecule is CCNC(COc1cc(F)ccc1F)C(=O)OC. The van der Waals surface area contributed by atoms with Gasteiger partial charge in [0.05, 0.1) is 7.11 Å². The lowest BCUT2D eigenvalue weighted by Crippen LogP contribution is -2.42. The fraction of sp³-hybridized carbons (Fsp3) is 0.417. The third-order valence-corrected chi connectivity index (χ3v) is 2.23. The van der Waals surface area contributed by atoms with Crippen molar-refractivity contribution in [3.05, 3.63) is 29.8 Å². The lowest BCUT2D eigenvalue weighted by molar-refractivity contribution is -0.143. The van der Waals surface area contributed by atoms with Crippen molar-refractivity contribution in [2.75, 3.05) is 20.3 Å². The minimum atomic E-state index is -0.720. The Morgan fingerprint density at radius 1 is 1.44 bits per heavy atom. The summed E-state index contributed by atoms with van der Waals surface area (Å²) < 4.78 is 35.8. The molecule has 100 valence electrons. The highest BCUT2D eigenvalue weighted by Gasteiger charge is 2.19. The fourth-order valence-electron chi connectivity index (χ4n) is 1.36. The molecule has 1 rings (SSSR count). The molecule has 0 spiro atoms. The number of hydrogen-bond acceptors (Lipinski definition) is 4. The van der Waals surface area contributed by atoms with Crippen LogP contribution in [0, 0.1) is 11.6 Å². The van der Waals surface area contributed by atoms with Crippen LogP contribution in [0.15, 0.2) is 18.2 Å². The maximum absolute atomic E-state index is 13.3. The number of benzene rings is 1. The molecular formula is C12H15F2NO3. The van der Waals surface area contributed by atoms with Gasteiger partial charge in [-0.3, -0.25) is 4.79 Å². The number of rotatable bonds is 6. The van der Waals surface area contributed by atoms with Gasteiger partial charge in [-0.25, -0.2) is 8.78 Å². The summed E-state index contributed by atoms with van der Waals surface area (Å²) in [6.45, 7) is 2.19. The van der Waals surface area contributed by atoms with Crippen molar-refractivity contribution in [3.8, 4) is 5.75 Å². The van der Waals surface area contributed by atoms with Gasteiger partial charge in [-0.1, -0.05) is 6.92 Å². The third kappa shape index (κ3) is 3.96. The number of carbonyl (C=O) groups excluding carboxylic acids is 1. The van der Waals surface area contributed by atoms with Gasteiger partial charge in [0.25, 0.3) is 0 Å². The molecule has 6 heteroatoms. The van der Waals surface area contributed by atoms with Gasteiger partial charge < -0.3 is 14.8 Å². The monoisotopic (exact) mass is 259 g/mol. The Morgan fingerprint density at radius 3 is 2.78 bits per heavy atom. The number of likely N-dealkylation sites (N-methyl/N-ethyl adjacent to an activating group) is 1. The highest BCUT2D eigenvalue weighted by Crippen LogP contribution is 2.18. The number of ether oxygens (including phenoxy) is 2. The van der Waals surface area contributed by atoms with E-state index in [1.165, 1.54) is 7.11 Å². The van der Waals surface area contributed by atoms with Crippen LogP contribution in [0.5, 0.6) is 5.75 Å². The normalized spacial score (nSPS) is 12.0. The first-order chi connectivity index (χ1) is 8.58. The van der Waals surface area contributed by atoms with E-state index in [0.717, 1.165) is 18.2 Å².